The molecular formula is C26H27F3N6O3. The minimum Gasteiger partial charge on any atom is -0.453 e. The molecule has 5 N–H and O–H groups in total. The highest BCUT2D eigenvalue weighted by molar-refractivity contribution is 6.01. The minimum absolute atomic E-state index is 0.0535. The van der Waals surface area contributed by atoms with Crippen molar-refractivity contribution in [1.29, 1.82) is 0 Å². The van der Waals surface area contributed by atoms with E-state index in [-0.39, 0.29) is 29.8 Å². The molecule has 3 aromatic rings. The van der Waals surface area contributed by atoms with Crippen molar-refractivity contribution < 1.29 is 27.5 Å². The van der Waals surface area contributed by atoms with E-state index in [1.54, 1.807) is 12.3 Å². The van der Waals surface area contributed by atoms with Gasteiger partial charge in [-0.2, -0.15) is 0 Å². The first-order chi connectivity index (χ1) is 18.1. The Balaban J connectivity index is 1.61. The maximum atomic E-state index is 14.6. The number of nitrogens with zero attached hydrogens (tertiary/aromatic N) is 3. The Morgan fingerprint density at radius 1 is 1.16 bits per heavy atom. The van der Waals surface area contributed by atoms with Crippen LogP contribution in [0.15, 0.2) is 42.7 Å². The van der Waals surface area contributed by atoms with Crippen LogP contribution in [0.3, 0.4) is 0 Å². The van der Waals surface area contributed by atoms with Crippen LogP contribution in [0.2, 0.25) is 0 Å². The standard InChI is InChI=1S/C26H27F3N6O3/c1-13-11-35(12-19(31)23(13)34-26(37)38-2)20-6-7-32-10-14(20)8-21(36)25-18(30)9-17(29)24(33-25)22-15(27)4-3-5-16(22)28/h3-7,9-10,13,19,23H,8,11-12,30-31H2,1-2H3,(H,34,37)/t13-,19+,23-/m0/s1. The van der Waals surface area contributed by atoms with Gasteiger partial charge in [0.25, 0.3) is 0 Å². The zero-order valence-corrected chi connectivity index (χ0v) is 20.7. The summed E-state index contributed by atoms with van der Waals surface area (Å²) in [5.41, 5.74) is 11.5. The number of carbonyl (C=O) groups is 2. The van der Waals surface area contributed by atoms with E-state index in [1.165, 1.54) is 13.3 Å². The predicted octanol–water partition coefficient (Wildman–Crippen LogP) is 3.08. The molecule has 2 aromatic heterocycles. The molecule has 1 aliphatic rings. The fourth-order valence-electron chi connectivity index (χ4n) is 4.71. The third kappa shape index (κ3) is 5.40. The molecule has 1 aromatic carbocycles. The predicted molar refractivity (Wildman–Crippen MR) is 135 cm³/mol. The molecule has 3 heterocycles. The van der Waals surface area contributed by atoms with Crippen molar-refractivity contribution in [3.05, 3.63) is 71.4 Å². The molecule has 38 heavy (non-hydrogen) atoms. The number of nitrogens with two attached hydrogens (primary N) is 2. The number of nitrogen functional groups attached to an aromatic ring is 1. The number of nitrogens with one attached hydrogen (secondary N) is 1. The van der Waals surface area contributed by atoms with Crippen molar-refractivity contribution >= 4 is 23.3 Å². The van der Waals surface area contributed by atoms with Gasteiger partial charge < -0.3 is 26.4 Å². The molecule has 12 heteroatoms. The number of amides is 1. The molecule has 0 aliphatic carbocycles. The van der Waals surface area contributed by atoms with Gasteiger partial charge in [-0.05, 0) is 24.1 Å². The van der Waals surface area contributed by atoms with Crippen molar-refractivity contribution in [1.82, 2.24) is 15.3 Å². The number of aromatic nitrogens is 2. The van der Waals surface area contributed by atoms with Crippen LogP contribution in [0.1, 0.15) is 23.0 Å². The van der Waals surface area contributed by atoms with Crippen LogP contribution >= 0.6 is 0 Å². The Morgan fingerprint density at radius 2 is 1.87 bits per heavy atom. The van der Waals surface area contributed by atoms with Crippen molar-refractivity contribution in [3.63, 3.8) is 0 Å². The number of ketones is 1. The van der Waals surface area contributed by atoms with Gasteiger partial charge in [-0.25, -0.2) is 22.9 Å². The summed E-state index contributed by atoms with van der Waals surface area (Å²) in [6.07, 6.45) is 2.30. The molecule has 1 saturated heterocycles. The lowest BCUT2D eigenvalue weighted by Gasteiger charge is -2.42. The van der Waals surface area contributed by atoms with Crippen molar-refractivity contribution in [2.24, 2.45) is 11.7 Å². The lowest BCUT2D eigenvalue weighted by atomic mass is 9.89. The monoisotopic (exact) mass is 528 g/mol. The summed E-state index contributed by atoms with van der Waals surface area (Å²) >= 11 is 0. The zero-order chi connectivity index (χ0) is 27.6. The molecule has 1 amide bonds. The van der Waals surface area contributed by atoms with E-state index in [9.17, 15) is 22.8 Å². The number of Topliss-reactive ketones (excluding diaryl/α,β-unsaturated/α-hetero) is 1. The molecule has 1 fully saturated rings. The second-order valence-corrected chi connectivity index (χ2v) is 9.17. The lowest BCUT2D eigenvalue weighted by Crippen LogP contribution is -2.62. The largest absolute Gasteiger partial charge is 0.453 e. The van der Waals surface area contributed by atoms with Crippen LogP contribution in [0.25, 0.3) is 11.3 Å². The van der Waals surface area contributed by atoms with E-state index in [1.807, 2.05) is 11.8 Å². The number of benzene rings is 1. The normalized spacial score (nSPS) is 19.2. The molecule has 0 saturated carbocycles. The van der Waals surface area contributed by atoms with Gasteiger partial charge in [0.1, 0.15) is 23.0 Å². The van der Waals surface area contributed by atoms with E-state index >= 15 is 0 Å². The van der Waals surface area contributed by atoms with Crippen molar-refractivity contribution in [2.75, 3.05) is 30.8 Å². The number of piperidine rings is 1. The van der Waals surface area contributed by atoms with Crippen molar-refractivity contribution in [2.45, 2.75) is 25.4 Å². The Hall–Kier alpha value is -4.19. The second-order valence-electron chi connectivity index (χ2n) is 9.17. The number of ether oxygens (including phenoxy) is 1. The highest BCUT2D eigenvalue weighted by atomic mass is 19.1. The van der Waals surface area contributed by atoms with Gasteiger partial charge in [-0.3, -0.25) is 9.78 Å². The quantitative estimate of drug-likeness (QED) is 0.416. The summed E-state index contributed by atoms with van der Waals surface area (Å²) < 4.78 is 48.0. The topological polar surface area (TPSA) is 136 Å². The molecule has 1 aliphatic heterocycles. The maximum Gasteiger partial charge on any atom is 0.407 e. The van der Waals surface area contributed by atoms with Gasteiger partial charge in [0.2, 0.25) is 0 Å². The molecule has 0 radical (unpaired) electrons. The summed E-state index contributed by atoms with van der Waals surface area (Å²) in [6.45, 7) is 2.82. The Bertz CT molecular complexity index is 1340. The molecule has 200 valence electrons. The molecule has 0 unspecified atom stereocenters. The fourth-order valence-corrected chi connectivity index (χ4v) is 4.71. The zero-order valence-electron chi connectivity index (χ0n) is 20.7. The number of pyridine rings is 2. The van der Waals surface area contributed by atoms with Crippen molar-refractivity contribution in [3.8, 4) is 11.3 Å². The Kier molecular flexibility index (Phi) is 7.81. The van der Waals surface area contributed by atoms with E-state index in [4.69, 9.17) is 11.5 Å². The lowest BCUT2D eigenvalue weighted by molar-refractivity contribution is 0.0989. The number of alkyl carbamates (subject to hydrolysis) is 1. The van der Waals surface area contributed by atoms with E-state index in [0.717, 1.165) is 24.3 Å². The van der Waals surface area contributed by atoms with E-state index in [0.29, 0.717) is 24.3 Å². The SMILES string of the molecule is COC(=O)N[C@@H]1[C@H](N)CN(c2ccncc2CC(=O)c2nc(-c3c(F)cccc3F)c(F)cc2N)C[C@@H]1C. The van der Waals surface area contributed by atoms with E-state index < -0.39 is 46.6 Å². The third-order valence-electron chi connectivity index (χ3n) is 6.52. The average molecular weight is 529 g/mol. The number of hydrogen-bond donors (Lipinski definition) is 3. The van der Waals surface area contributed by atoms with Gasteiger partial charge in [0.15, 0.2) is 11.6 Å². The van der Waals surface area contributed by atoms with Crippen LogP contribution in [0.4, 0.5) is 29.3 Å². The van der Waals surface area contributed by atoms with Gasteiger partial charge >= 0.3 is 6.09 Å². The summed E-state index contributed by atoms with van der Waals surface area (Å²) in [5.74, 6) is -3.75. The van der Waals surface area contributed by atoms with Crippen LogP contribution < -0.4 is 21.7 Å². The number of halogens is 3. The summed E-state index contributed by atoms with van der Waals surface area (Å²) in [5, 5.41) is 2.76. The highest BCUT2D eigenvalue weighted by Crippen LogP contribution is 2.31. The van der Waals surface area contributed by atoms with Crippen LogP contribution in [0, 0.1) is 23.4 Å². The fraction of sp³-hybridized carbons (Fsp3) is 0.308. The molecule has 3 atom stereocenters. The van der Waals surface area contributed by atoms with Crippen LogP contribution in [-0.2, 0) is 11.2 Å². The molecular weight excluding hydrogens is 501 g/mol. The van der Waals surface area contributed by atoms with Gasteiger partial charge in [-0.1, -0.05) is 13.0 Å². The average Bonchev–Trinajstić information content (AvgIpc) is 2.87. The van der Waals surface area contributed by atoms with Gasteiger partial charge in [0.05, 0.1) is 24.4 Å². The summed E-state index contributed by atoms with van der Waals surface area (Å²) in [6, 6.07) is 4.89. The molecule has 0 spiro atoms. The summed E-state index contributed by atoms with van der Waals surface area (Å²) in [7, 11) is 1.28. The number of methoxy groups -OCH3 is 1. The smallest absolute Gasteiger partial charge is 0.407 e. The van der Waals surface area contributed by atoms with Crippen LogP contribution in [0.5, 0.6) is 0 Å². The Labute approximate surface area is 217 Å². The minimum atomic E-state index is -1.06. The molecule has 0 bridgehead atoms. The third-order valence-corrected chi connectivity index (χ3v) is 6.52. The number of carbonyl (C=O) groups excluding carboxylic acids is 2. The summed E-state index contributed by atoms with van der Waals surface area (Å²) in [4.78, 5) is 35.0. The first kappa shape index (κ1) is 26.9. The van der Waals surface area contributed by atoms with Gasteiger partial charge in [0, 0.05) is 55.3 Å². The second kappa shape index (κ2) is 11.1. The molecule has 9 nitrogen and oxygen atoms in total. The Morgan fingerprint density at radius 3 is 2.53 bits per heavy atom. The maximum absolute atomic E-state index is 14.6. The highest BCUT2D eigenvalue weighted by Gasteiger charge is 2.34. The van der Waals surface area contributed by atoms with Crippen LogP contribution in [-0.4, -0.2) is 54.1 Å². The number of rotatable bonds is 6. The van der Waals surface area contributed by atoms with Gasteiger partial charge in [-0.15, -0.1) is 0 Å². The first-order valence-electron chi connectivity index (χ1n) is 11.8. The first-order valence-corrected chi connectivity index (χ1v) is 11.8. The number of hydrogen-bond acceptors (Lipinski definition) is 8. The van der Waals surface area contributed by atoms with E-state index in [2.05, 4.69) is 20.0 Å². The number of anilines is 2. The molecule has 4 rings (SSSR count).